The smallest absolute Gasteiger partial charge is 0.189 e. The minimum Gasteiger partial charge on any atom is -0.324 e. The molecule has 2 rings (SSSR count). The van der Waals surface area contributed by atoms with Crippen molar-refractivity contribution >= 4 is 11.8 Å². The first kappa shape index (κ1) is 10.1. The fourth-order valence-electron chi connectivity index (χ4n) is 1.17. The Hall–Kier alpha value is -1.40. The van der Waals surface area contributed by atoms with Gasteiger partial charge in [0, 0.05) is 17.8 Å². The quantitative estimate of drug-likeness (QED) is 0.818. The number of nitrogens with two attached hydrogens (primary N) is 1. The average molecular weight is 221 g/mol. The lowest BCUT2D eigenvalue weighted by molar-refractivity contribution is 0.778. The molecule has 1 unspecified atom stereocenters. The van der Waals surface area contributed by atoms with Crippen LogP contribution in [0.3, 0.4) is 0 Å². The van der Waals surface area contributed by atoms with Gasteiger partial charge in [-0.2, -0.15) is 5.10 Å². The van der Waals surface area contributed by atoms with E-state index in [2.05, 4.69) is 20.2 Å². The maximum atomic E-state index is 5.84. The normalized spacial score (nSPS) is 12.7. The van der Waals surface area contributed by atoms with Crippen LogP contribution in [-0.2, 0) is 0 Å². The zero-order valence-electron chi connectivity index (χ0n) is 8.21. The molecule has 0 spiro atoms. The maximum absolute atomic E-state index is 5.84. The van der Waals surface area contributed by atoms with Crippen LogP contribution in [0, 0.1) is 0 Å². The van der Waals surface area contributed by atoms with Crippen molar-refractivity contribution in [2.24, 2.45) is 5.73 Å². The molecule has 1 atom stereocenters. The molecule has 2 aromatic heterocycles. The molecule has 0 saturated heterocycles. The number of H-pyrrole nitrogens is 1. The molecular formula is C9H11N5S. The Labute approximate surface area is 91.5 Å². The third-order valence-corrected chi connectivity index (χ3v) is 2.80. The monoisotopic (exact) mass is 221 g/mol. The molecule has 0 aliphatic heterocycles. The summed E-state index contributed by atoms with van der Waals surface area (Å²) in [5.41, 5.74) is 6.86. The van der Waals surface area contributed by atoms with Crippen LogP contribution in [0.15, 0.2) is 34.8 Å². The summed E-state index contributed by atoms with van der Waals surface area (Å²) in [6.07, 6.45) is 3.21. The third-order valence-electron chi connectivity index (χ3n) is 1.88. The largest absolute Gasteiger partial charge is 0.324 e. The molecule has 0 fully saturated rings. The van der Waals surface area contributed by atoms with Crippen LogP contribution < -0.4 is 5.73 Å². The Morgan fingerprint density at radius 2 is 2.33 bits per heavy atom. The van der Waals surface area contributed by atoms with Gasteiger partial charge in [0.1, 0.15) is 11.4 Å². The third kappa shape index (κ3) is 2.34. The van der Waals surface area contributed by atoms with Gasteiger partial charge in [-0.3, -0.25) is 5.10 Å². The summed E-state index contributed by atoms with van der Waals surface area (Å²) < 4.78 is 0. The lowest BCUT2D eigenvalue weighted by Crippen LogP contribution is -2.07. The van der Waals surface area contributed by atoms with Gasteiger partial charge in [0.2, 0.25) is 0 Å². The molecule has 2 aromatic rings. The van der Waals surface area contributed by atoms with Crippen LogP contribution in [0.4, 0.5) is 0 Å². The van der Waals surface area contributed by atoms with E-state index in [1.54, 1.807) is 6.20 Å². The van der Waals surface area contributed by atoms with Crippen LogP contribution >= 0.6 is 11.8 Å². The van der Waals surface area contributed by atoms with Gasteiger partial charge in [0.25, 0.3) is 0 Å². The highest BCUT2D eigenvalue weighted by molar-refractivity contribution is 7.99. The van der Waals surface area contributed by atoms with Crippen molar-refractivity contribution in [1.82, 2.24) is 20.2 Å². The van der Waals surface area contributed by atoms with Crippen molar-refractivity contribution in [3.8, 4) is 0 Å². The van der Waals surface area contributed by atoms with E-state index in [-0.39, 0.29) is 6.04 Å². The molecule has 2 heterocycles. The Kier molecular flexibility index (Phi) is 2.98. The van der Waals surface area contributed by atoms with Crippen molar-refractivity contribution < 1.29 is 0 Å². The molecular weight excluding hydrogens is 210 g/mol. The summed E-state index contributed by atoms with van der Waals surface area (Å²) in [6.45, 7) is 1.93. The van der Waals surface area contributed by atoms with Crippen molar-refractivity contribution in [2.75, 3.05) is 0 Å². The number of rotatable bonds is 3. The summed E-state index contributed by atoms with van der Waals surface area (Å²) in [4.78, 5) is 8.30. The van der Waals surface area contributed by atoms with E-state index in [0.717, 1.165) is 15.7 Å². The first-order valence-corrected chi connectivity index (χ1v) is 5.32. The second-order valence-corrected chi connectivity index (χ2v) is 4.06. The number of hydrogen-bond acceptors (Lipinski definition) is 5. The van der Waals surface area contributed by atoms with Crippen molar-refractivity contribution in [3.63, 3.8) is 0 Å². The Morgan fingerprint density at radius 1 is 1.47 bits per heavy atom. The molecule has 6 heteroatoms. The SMILES string of the molecule is CC(N)c1cccnc1Sc1ncn[nH]1. The predicted octanol–water partition coefficient (Wildman–Crippen LogP) is 1.37. The fourth-order valence-corrected chi connectivity index (χ4v) is 2.04. The molecule has 0 amide bonds. The molecule has 0 aromatic carbocycles. The molecule has 15 heavy (non-hydrogen) atoms. The number of aromatic nitrogens is 4. The van der Waals surface area contributed by atoms with Gasteiger partial charge in [-0.25, -0.2) is 9.97 Å². The zero-order valence-corrected chi connectivity index (χ0v) is 9.03. The molecule has 5 nitrogen and oxygen atoms in total. The van der Waals surface area contributed by atoms with E-state index in [1.807, 2.05) is 19.1 Å². The molecule has 0 saturated carbocycles. The molecule has 0 aliphatic rings. The molecule has 0 aliphatic carbocycles. The summed E-state index contributed by atoms with van der Waals surface area (Å²) >= 11 is 1.43. The minimum absolute atomic E-state index is 0.0379. The molecule has 0 bridgehead atoms. The Bertz CT molecular complexity index is 426. The zero-order chi connectivity index (χ0) is 10.7. The second-order valence-electron chi connectivity index (χ2n) is 3.08. The van der Waals surface area contributed by atoms with Crippen molar-refractivity contribution in [2.45, 2.75) is 23.1 Å². The number of nitrogens with zero attached hydrogens (tertiary/aromatic N) is 3. The molecule has 3 N–H and O–H groups in total. The number of aromatic amines is 1. The predicted molar refractivity (Wildman–Crippen MR) is 57.3 cm³/mol. The minimum atomic E-state index is -0.0379. The first-order valence-electron chi connectivity index (χ1n) is 4.51. The second kappa shape index (κ2) is 4.41. The van der Waals surface area contributed by atoms with Gasteiger partial charge in [0.15, 0.2) is 5.16 Å². The van der Waals surface area contributed by atoms with Gasteiger partial charge in [-0.1, -0.05) is 6.07 Å². The van der Waals surface area contributed by atoms with Crippen LogP contribution in [-0.4, -0.2) is 20.2 Å². The van der Waals surface area contributed by atoms with Gasteiger partial charge in [0.05, 0.1) is 0 Å². The first-order chi connectivity index (χ1) is 7.27. The van der Waals surface area contributed by atoms with E-state index in [1.165, 1.54) is 18.1 Å². The molecule has 0 radical (unpaired) electrons. The lowest BCUT2D eigenvalue weighted by atomic mass is 10.2. The summed E-state index contributed by atoms with van der Waals surface area (Å²) in [6, 6.07) is 3.81. The maximum Gasteiger partial charge on any atom is 0.189 e. The fraction of sp³-hybridized carbons (Fsp3) is 0.222. The van der Waals surface area contributed by atoms with Crippen LogP contribution in [0.1, 0.15) is 18.5 Å². The van der Waals surface area contributed by atoms with Crippen molar-refractivity contribution in [3.05, 3.63) is 30.2 Å². The van der Waals surface area contributed by atoms with E-state index in [4.69, 9.17) is 5.73 Å². The van der Waals surface area contributed by atoms with Crippen LogP contribution in [0.5, 0.6) is 0 Å². The van der Waals surface area contributed by atoms with E-state index >= 15 is 0 Å². The van der Waals surface area contributed by atoms with Crippen LogP contribution in [0.2, 0.25) is 0 Å². The summed E-state index contributed by atoms with van der Waals surface area (Å²) in [7, 11) is 0. The van der Waals surface area contributed by atoms with Gasteiger partial charge >= 0.3 is 0 Å². The average Bonchev–Trinajstić information content (AvgIpc) is 2.71. The highest BCUT2D eigenvalue weighted by Gasteiger charge is 2.10. The number of hydrogen-bond donors (Lipinski definition) is 2. The number of nitrogens with one attached hydrogen (secondary N) is 1. The highest BCUT2D eigenvalue weighted by atomic mass is 32.2. The van der Waals surface area contributed by atoms with Crippen molar-refractivity contribution in [1.29, 1.82) is 0 Å². The highest BCUT2D eigenvalue weighted by Crippen LogP contribution is 2.27. The molecule has 78 valence electrons. The summed E-state index contributed by atoms with van der Waals surface area (Å²) in [5.74, 6) is 0. The van der Waals surface area contributed by atoms with Gasteiger partial charge in [-0.15, -0.1) is 0 Å². The lowest BCUT2D eigenvalue weighted by Gasteiger charge is -2.08. The van der Waals surface area contributed by atoms with E-state index in [0.29, 0.717) is 0 Å². The van der Waals surface area contributed by atoms with Gasteiger partial charge in [-0.05, 0) is 24.8 Å². The summed E-state index contributed by atoms with van der Waals surface area (Å²) in [5, 5.41) is 8.13. The Balaban J connectivity index is 2.28. The topological polar surface area (TPSA) is 80.5 Å². The van der Waals surface area contributed by atoms with Gasteiger partial charge < -0.3 is 5.73 Å². The number of pyridine rings is 1. The van der Waals surface area contributed by atoms with E-state index in [9.17, 15) is 0 Å². The van der Waals surface area contributed by atoms with Crippen LogP contribution in [0.25, 0.3) is 0 Å². The standard InChI is InChI=1S/C9H11N5S/c1-6(10)7-3-2-4-11-8(7)15-9-12-5-13-14-9/h2-6H,10H2,1H3,(H,12,13,14). The Morgan fingerprint density at radius 3 is 3.00 bits per heavy atom. The van der Waals surface area contributed by atoms with E-state index < -0.39 is 0 Å².